The number of carbonyl (C=O) groups is 2. The largest absolute Gasteiger partial charge is 0.469 e. The summed E-state index contributed by atoms with van der Waals surface area (Å²) in [5.41, 5.74) is 2.44. The lowest BCUT2D eigenvalue weighted by molar-refractivity contribution is -0.142. The van der Waals surface area contributed by atoms with Crippen LogP contribution in [0.4, 0.5) is 0 Å². The molecule has 5 nitrogen and oxygen atoms in total. The topological polar surface area (TPSA) is 55.8 Å². The maximum atomic E-state index is 12.7. The van der Waals surface area contributed by atoms with Gasteiger partial charge in [-0.2, -0.15) is 0 Å². The Morgan fingerprint density at radius 2 is 2.04 bits per heavy atom. The van der Waals surface area contributed by atoms with E-state index in [4.69, 9.17) is 4.74 Å². The average molecular weight is 319 g/mol. The number of aryl methyl sites for hydroxylation is 1. The molecule has 0 aromatic heterocycles. The molecule has 0 aliphatic heterocycles. The molecule has 1 saturated carbocycles. The molecule has 0 spiro atoms. The molecule has 1 aliphatic carbocycles. The van der Waals surface area contributed by atoms with Crippen LogP contribution in [0, 0.1) is 12.8 Å². The minimum Gasteiger partial charge on any atom is -0.469 e. The second-order valence-electron chi connectivity index (χ2n) is 6.01. The smallest absolute Gasteiger partial charge is 0.307 e. The molecule has 0 bridgehead atoms. The van der Waals surface area contributed by atoms with Crippen LogP contribution in [-0.4, -0.2) is 50.7 Å². The number of amides is 1. The second-order valence-corrected chi connectivity index (χ2v) is 6.01. The Kier molecular flexibility index (Phi) is 6.16. The summed E-state index contributed by atoms with van der Waals surface area (Å²) >= 11 is 0. The van der Waals surface area contributed by atoms with Crippen LogP contribution in [-0.2, 0) is 19.1 Å². The summed E-state index contributed by atoms with van der Waals surface area (Å²) in [6, 6.07) is 8.32. The fourth-order valence-corrected chi connectivity index (χ4v) is 2.83. The first-order chi connectivity index (χ1) is 11.1. The molecule has 0 heterocycles. The SMILES string of the molecule is COCCN(CCC(=O)OC)C(=O)C1CC1c1cccc(C)c1. The molecule has 1 amide bonds. The van der Waals surface area contributed by atoms with Gasteiger partial charge >= 0.3 is 5.97 Å². The molecule has 126 valence electrons. The molecule has 0 N–H and O–H groups in total. The number of carbonyl (C=O) groups excluding carboxylic acids is 2. The first kappa shape index (κ1) is 17.5. The highest BCUT2D eigenvalue weighted by molar-refractivity contribution is 5.83. The Balaban J connectivity index is 1.96. The molecule has 0 radical (unpaired) electrons. The van der Waals surface area contributed by atoms with Gasteiger partial charge in [0, 0.05) is 26.1 Å². The normalized spacial score (nSPS) is 19.3. The highest BCUT2D eigenvalue weighted by Gasteiger charge is 2.45. The van der Waals surface area contributed by atoms with Gasteiger partial charge in [0.1, 0.15) is 0 Å². The highest BCUT2D eigenvalue weighted by Crippen LogP contribution is 2.48. The molecular weight excluding hydrogens is 294 g/mol. The lowest BCUT2D eigenvalue weighted by atomic mass is 10.1. The van der Waals surface area contributed by atoms with Gasteiger partial charge in [-0.3, -0.25) is 9.59 Å². The van der Waals surface area contributed by atoms with Gasteiger partial charge < -0.3 is 14.4 Å². The summed E-state index contributed by atoms with van der Waals surface area (Å²) in [5, 5.41) is 0. The van der Waals surface area contributed by atoms with E-state index >= 15 is 0 Å². The number of esters is 1. The summed E-state index contributed by atoms with van der Waals surface area (Å²) in [6.07, 6.45) is 1.10. The van der Waals surface area contributed by atoms with Crippen molar-refractivity contribution >= 4 is 11.9 Å². The van der Waals surface area contributed by atoms with Crippen LogP contribution in [0.15, 0.2) is 24.3 Å². The van der Waals surface area contributed by atoms with Crippen LogP contribution in [0.1, 0.15) is 29.9 Å². The third-order valence-electron chi connectivity index (χ3n) is 4.27. The number of methoxy groups -OCH3 is 2. The van der Waals surface area contributed by atoms with Gasteiger partial charge in [-0.1, -0.05) is 29.8 Å². The van der Waals surface area contributed by atoms with Gasteiger partial charge in [-0.15, -0.1) is 0 Å². The van der Waals surface area contributed by atoms with Crippen molar-refractivity contribution < 1.29 is 19.1 Å². The van der Waals surface area contributed by atoms with Crippen molar-refractivity contribution in [3.63, 3.8) is 0 Å². The Bertz CT molecular complexity index is 558. The first-order valence-corrected chi connectivity index (χ1v) is 7.98. The first-order valence-electron chi connectivity index (χ1n) is 7.98. The zero-order valence-electron chi connectivity index (χ0n) is 14.1. The van der Waals surface area contributed by atoms with E-state index in [1.807, 2.05) is 6.07 Å². The summed E-state index contributed by atoms with van der Waals surface area (Å²) in [6.45, 7) is 3.41. The van der Waals surface area contributed by atoms with Gasteiger partial charge in [-0.25, -0.2) is 0 Å². The van der Waals surface area contributed by atoms with E-state index in [1.54, 1.807) is 12.0 Å². The van der Waals surface area contributed by atoms with Crippen LogP contribution in [0.5, 0.6) is 0 Å². The van der Waals surface area contributed by atoms with E-state index in [0.29, 0.717) is 25.6 Å². The molecule has 2 unspecified atom stereocenters. The van der Waals surface area contributed by atoms with E-state index < -0.39 is 0 Å². The van der Waals surface area contributed by atoms with Crippen LogP contribution in [0.3, 0.4) is 0 Å². The van der Waals surface area contributed by atoms with E-state index in [9.17, 15) is 9.59 Å². The predicted molar refractivity (Wildman–Crippen MR) is 87.1 cm³/mol. The maximum absolute atomic E-state index is 12.7. The van der Waals surface area contributed by atoms with Gasteiger partial charge in [0.2, 0.25) is 5.91 Å². The molecule has 0 saturated heterocycles. The predicted octanol–water partition coefficient (Wildman–Crippen LogP) is 2.14. The monoisotopic (exact) mass is 319 g/mol. The molecule has 1 fully saturated rings. The summed E-state index contributed by atoms with van der Waals surface area (Å²) in [7, 11) is 2.97. The fraction of sp³-hybridized carbons (Fsp3) is 0.556. The Hall–Kier alpha value is -1.88. The summed E-state index contributed by atoms with van der Waals surface area (Å²) in [4.78, 5) is 25.8. The number of rotatable bonds is 8. The second kappa shape index (κ2) is 8.11. The fourth-order valence-electron chi connectivity index (χ4n) is 2.83. The van der Waals surface area contributed by atoms with E-state index in [0.717, 1.165) is 6.42 Å². The molecule has 1 aliphatic rings. The van der Waals surface area contributed by atoms with E-state index in [2.05, 4.69) is 29.9 Å². The average Bonchev–Trinajstić information content (AvgIpc) is 3.34. The highest BCUT2D eigenvalue weighted by atomic mass is 16.5. The number of benzene rings is 1. The van der Waals surface area contributed by atoms with Crippen LogP contribution < -0.4 is 0 Å². The van der Waals surface area contributed by atoms with E-state index in [-0.39, 0.29) is 24.2 Å². The van der Waals surface area contributed by atoms with Crippen molar-refractivity contribution in [1.82, 2.24) is 4.90 Å². The van der Waals surface area contributed by atoms with Gasteiger partial charge in [0.05, 0.1) is 20.1 Å². The van der Waals surface area contributed by atoms with E-state index in [1.165, 1.54) is 18.2 Å². The molecule has 2 rings (SSSR count). The molecule has 1 aromatic carbocycles. The molecular formula is C18H25NO4. The summed E-state index contributed by atoms with van der Waals surface area (Å²) in [5.74, 6) is 0.126. The lowest BCUT2D eigenvalue weighted by Crippen LogP contribution is -2.37. The Labute approximate surface area is 137 Å². The number of hydrogen-bond donors (Lipinski definition) is 0. The molecule has 1 aromatic rings. The quantitative estimate of drug-likeness (QED) is 0.689. The van der Waals surface area contributed by atoms with Crippen LogP contribution in [0.25, 0.3) is 0 Å². The third kappa shape index (κ3) is 4.79. The van der Waals surface area contributed by atoms with Crippen molar-refractivity contribution in [3.05, 3.63) is 35.4 Å². The van der Waals surface area contributed by atoms with Crippen molar-refractivity contribution in [2.75, 3.05) is 33.9 Å². The zero-order chi connectivity index (χ0) is 16.8. The Morgan fingerprint density at radius 3 is 2.70 bits per heavy atom. The van der Waals surface area contributed by atoms with Crippen LogP contribution in [0.2, 0.25) is 0 Å². The van der Waals surface area contributed by atoms with Crippen molar-refractivity contribution in [1.29, 1.82) is 0 Å². The Morgan fingerprint density at radius 1 is 1.26 bits per heavy atom. The standard InChI is InChI=1S/C18H25NO4/c1-13-5-4-6-14(11-13)15-12-16(15)18(21)19(9-10-22-2)8-7-17(20)23-3/h4-6,11,15-16H,7-10,12H2,1-3H3. The minimum absolute atomic E-state index is 0.0197. The maximum Gasteiger partial charge on any atom is 0.307 e. The zero-order valence-corrected chi connectivity index (χ0v) is 14.1. The van der Waals surface area contributed by atoms with Gasteiger partial charge in [0.15, 0.2) is 0 Å². The molecule has 5 heteroatoms. The lowest BCUT2D eigenvalue weighted by Gasteiger charge is -2.22. The number of ether oxygens (including phenoxy) is 2. The molecule has 23 heavy (non-hydrogen) atoms. The van der Waals surface area contributed by atoms with Crippen molar-refractivity contribution in [3.8, 4) is 0 Å². The van der Waals surface area contributed by atoms with Crippen molar-refractivity contribution in [2.24, 2.45) is 5.92 Å². The summed E-state index contributed by atoms with van der Waals surface area (Å²) < 4.78 is 9.73. The van der Waals surface area contributed by atoms with Crippen LogP contribution >= 0.6 is 0 Å². The number of nitrogens with zero attached hydrogens (tertiary/aromatic N) is 1. The van der Waals surface area contributed by atoms with Crippen molar-refractivity contribution in [2.45, 2.75) is 25.7 Å². The third-order valence-corrected chi connectivity index (χ3v) is 4.27. The number of hydrogen-bond acceptors (Lipinski definition) is 4. The van der Waals surface area contributed by atoms with Gasteiger partial charge in [-0.05, 0) is 24.8 Å². The van der Waals surface area contributed by atoms with Gasteiger partial charge in [0.25, 0.3) is 0 Å². The molecule has 2 atom stereocenters. The minimum atomic E-state index is -0.300.